The normalized spacial score (nSPS) is 9.95. The van der Waals surface area contributed by atoms with Crippen molar-refractivity contribution in [2.24, 2.45) is 0 Å². The molecule has 0 heterocycles. The van der Waals surface area contributed by atoms with E-state index in [1.165, 1.54) is 14.2 Å². The Morgan fingerprint density at radius 2 is 1.82 bits per heavy atom. The molecule has 2 rings (SSSR count). The molecular formula is C16H14BrNO4. The number of anilines is 1. The van der Waals surface area contributed by atoms with Gasteiger partial charge in [-0.3, -0.25) is 4.79 Å². The van der Waals surface area contributed by atoms with E-state index in [0.717, 1.165) is 0 Å². The largest absolute Gasteiger partial charge is 0.496 e. The zero-order valence-electron chi connectivity index (χ0n) is 12.1. The van der Waals surface area contributed by atoms with E-state index in [4.69, 9.17) is 4.74 Å². The average Bonchev–Trinajstić information content (AvgIpc) is 2.53. The number of hydrogen-bond donors (Lipinski definition) is 1. The maximum absolute atomic E-state index is 12.3. The van der Waals surface area contributed by atoms with Gasteiger partial charge in [0.15, 0.2) is 0 Å². The number of ether oxygens (including phenoxy) is 2. The Morgan fingerprint density at radius 1 is 1.09 bits per heavy atom. The number of nitrogens with one attached hydrogen (secondary N) is 1. The highest BCUT2D eigenvalue weighted by molar-refractivity contribution is 9.10. The predicted octanol–water partition coefficient (Wildman–Crippen LogP) is 3.50. The highest BCUT2D eigenvalue weighted by atomic mass is 79.9. The van der Waals surface area contributed by atoms with Gasteiger partial charge in [-0.2, -0.15) is 0 Å². The minimum absolute atomic E-state index is 0.327. The highest BCUT2D eigenvalue weighted by Crippen LogP contribution is 2.23. The smallest absolute Gasteiger partial charge is 0.337 e. The number of rotatable bonds is 4. The summed E-state index contributed by atoms with van der Waals surface area (Å²) >= 11 is 3.30. The van der Waals surface area contributed by atoms with Crippen molar-refractivity contribution in [3.63, 3.8) is 0 Å². The molecule has 0 aliphatic heterocycles. The van der Waals surface area contributed by atoms with Crippen LogP contribution in [0, 0.1) is 0 Å². The van der Waals surface area contributed by atoms with Crippen molar-refractivity contribution < 1.29 is 19.1 Å². The summed E-state index contributed by atoms with van der Waals surface area (Å²) in [4.78, 5) is 23.9. The van der Waals surface area contributed by atoms with Crippen LogP contribution in [-0.2, 0) is 4.74 Å². The van der Waals surface area contributed by atoms with Gasteiger partial charge in [0.2, 0.25) is 0 Å². The standard InChI is InChI=1S/C16H14BrNO4/c1-21-14-6-4-3-5-13(14)15(19)18-12-8-10(16(20)22-2)7-11(17)9-12/h3-9H,1-2H3,(H,18,19). The van der Waals surface area contributed by atoms with E-state index in [-0.39, 0.29) is 5.91 Å². The van der Waals surface area contributed by atoms with Crippen LogP contribution in [0.2, 0.25) is 0 Å². The van der Waals surface area contributed by atoms with Crippen LogP contribution < -0.4 is 10.1 Å². The number of hydrogen-bond acceptors (Lipinski definition) is 4. The molecule has 0 fully saturated rings. The third-order valence-corrected chi connectivity index (χ3v) is 3.39. The first-order chi connectivity index (χ1) is 10.5. The van der Waals surface area contributed by atoms with Crippen molar-refractivity contribution in [1.29, 1.82) is 0 Å². The Hall–Kier alpha value is -2.34. The number of methoxy groups -OCH3 is 2. The molecule has 5 nitrogen and oxygen atoms in total. The van der Waals surface area contributed by atoms with Crippen LogP contribution >= 0.6 is 15.9 Å². The zero-order chi connectivity index (χ0) is 16.1. The maximum Gasteiger partial charge on any atom is 0.337 e. The van der Waals surface area contributed by atoms with Gasteiger partial charge >= 0.3 is 5.97 Å². The molecule has 0 aliphatic carbocycles. The van der Waals surface area contributed by atoms with Gasteiger partial charge in [-0.25, -0.2) is 4.79 Å². The number of halogens is 1. The van der Waals surface area contributed by atoms with Crippen LogP contribution in [0.1, 0.15) is 20.7 Å². The lowest BCUT2D eigenvalue weighted by Gasteiger charge is -2.10. The lowest BCUT2D eigenvalue weighted by atomic mass is 10.1. The fourth-order valence-electron chi connectivity index (χ4n) is 1.93. The number of carbonyl (C=O) groups is 2. The Morgan fingerprint density at radius 3 is 2.50 bits per heavy atom. The molecule has 2 aromatic carbocycles. The summed E-state index contributed by atoms with van der Waals surface area (Å²) in [6.45, 7) is 0. The first-order valence-electron chi connectivity index (χ1n) is 6.38. The van der Waals surface area contributed by atoms with Gasteiger partial charge in [0.05, 0.1) is 25.3 Å². The van der Waals surface area contributed by atoms with Crippen molar-refractivity contribution in [3.8, 4) is 5.75 Å². The first kappa shape index (κ1) is 16.0. The van der Waals surface area contributed by atoms with Crippen LogP contribution in [-0.4, -0.2) is 26.1 Å². The zero-order valence-corrected chi connectivity index (χ0v) is 13.6. The molecule has 0 aromatic heterocycles. The summed E-state index contributed by atoms with van der Waals surface area (Å²) in [6, 6.07) is 11.7. The van der Waals surface area contributed by atoms with Crippen molar-refractivity contribution in [2.75, 3.05) is 19.5 Å². The summed E-state index contributed by atoms with van der Waals surface area (Å²) in [5.41, 5.74) is 1.22. The van der Waals surface area contributed by atoms with E-state index in [0.29, 0.717) is 27.0 Å². The van der Waals surface area contributed by atoms with Crippen molar-refractivity contribution in [1.82, 2.24) is 0 Å². The number of amides is 1. The molecule has 2 aromatic rings. The molecule has 0 radical (unpaired) electrons. The number of carbonyl (C=O) groups excluding carboxylic acids is 2. The van der Waals surface area contributed by atoms with Gasteiger partial charge in [0.25, 0.3) is 5.91 Å². The molecule has 0 saturated carbocycles. The Balaban J connectivity index is 2.28. The highest BCUT2D eigenvalue weighted by Gasteiger charge is 2.14. The molecule has 1 amide bonds. The molecule has 0 unspecified atom stereocenters. The van der Waals surface area contributed by atoms with E-state index in [1.807, 2.05) is 0 Å². The Kier molecular flexibility index (Phi) is 5.16. The van der Waals surface area contributed by atoms with Gasteiger partial charge < -0.3 is 14.8 Å². The van der Waals surface area contributed by atoms with Gasteiger partial charge in [0.1, 0.15) is 5.75 Å². The molecule has 22 heavy (non-hydrogen) atoms. The van der Waals surface area contributed by atoms with E-state index >= 15 is 0 Å². The van der Waals surface area contributed by atoms with Gasteiger partial charge in [-0.05, 0) is 30.3 Å². The summed E-state index contributed by atoms with van der Waals surface area (Å²) in [5.74, 6) is -0.330. The minimum atomic E-state index is -0.478. The first-order valence-corrected chi connectivity index (χ1v) is 7.17. The Bertz CT molecular complexity index is 715. The molecule has 0 spiro atoms. The summed E-state index contributed by atoms with van der Waals surface area (Å²) < 4.78 is 10.5. The molecule has 0 aliphatic rings. The Labute approximate surface area is 136 Å². The van der Waals surface area contributed by atoms with Crippen LogP contribution in [0.3, 0.4) is 0 Å². The second kappa shape index (κ2) is 7.09. The van der Waals surface area contributed by atoms with Crippen LogP contribution in [0.15, 0.2) is 46.9 Å². The number of esters is 1. The monoisotopic (exact) mass is 363 g/mol. The molecule has 6 heteroatoms. The average molecular weight is 364 g/mol. The van der Waals surface area contributed by atoms with E-state index < -0.39 is 5.97 Å². The summed E-state index contributed by atoms with van der Waals surface area (Å²) in [5, 5.41) is 2.74. The second-order valence-corrected chi connectivity index (χ2v) is 5.29. The summed E-state index contributed by atoms with van der Waals surface area (Å²) in [7, 11) is 2.80. The fraction of sp³-hybridized carbons (Fsp3) is 0.125. The van der Waals surface area contributed by atoms with Gasteiger partial charge in [-0.1, -0.05) is 28.1 Å². The topological polar surface area (TPSA) is 64.6 Å². The second-order valence-electron chi connectivity index (χ2n) is 4.37. The minimum Gasteiger partial charge on any atom is -0.496 e. The van der Waals surface area contributed by atoms with E-state index in [1.54, 1.807) is 42.5 Å². The molecule has 0 bridgehead atoms. The lowest BCUT2D eigenvalue weighted by Crippen LogP contribution is -2.13. The molecule has 0 atom stereocenters. The quantitative estimate of drug-likeness (QED) is 0.844. The summed E-state index contributed by atoms with van der Waals surface area (Å²) in [6.07, 6.45) is 0. The molecule has 0 saturated heterocycles. The SMILES string of the molecule is COC(=O)c1cc(Br)cc(NC(=O)c2ccccc2OC)c1. The number of benzene rings is 2. The fourth-order valence-corrected chi connectivity index (χ4v) is 2.42. The van der Waals surface area contributed by atoms with Crippen molar-refractivity contribution in [3.05, 3.63) is 58.1 Å². The van der Waals surface area contributed by atoms with E-state index in [2.05, 4.69) is 26.0 Å². The lowest BCUT2D eigenvalue weighted by molar-refractivity contribution is 0.0600. The van der Waals surface area contributed by atoms with Gasteiger partial charge in [0, 0.05) is 10.2 Å². The van der Waals surface area contributed by atoms with Crippen molar-refractivity contribution >= 4 is 33.5 Å². The third kappa shape index (κ3) is 3.65. The van der Waals surface area contributed by atoms with E-state index in [9.17, 15) is 9.59 Å². The third-order valence-electron chi connectivity index (χ3n) is 2.93. The molecular weight excluding hydrogens is 350 g/mol. The van der Waals surface area contributed by atoms with Crippen LogP contribution in [0.5, 0.6) is 5.75 Å². The molecule has 1 N–H and O–H groups in total. The van der Waals surface area contributed by atoms with Crippen LogP contribution in [0.25, 0.3) is 0 Å². The number of para-hydroxylation sites is 1. The predicted molar refractivity (Wildman–Crippen MR) is 86.4 cm³/mol. The van der Waals surface area contributed by atoms with Crippen molar-refractivity contribution in [2.45, 2.75) is 0 Å². The maximum atomic E-state index is 12.3. The molecule has 114 valence electrons. The van der Waals surface area contributed by atoms with Crippen LogP contribution in [0.4, 0.5) is 5.69 Å². The van der Waals surface area contributed by atoms with Gasteiger partial charge in [-0.15, -0.1) is 0 Å².